The highest BCUT2D eigenvalue weighted by molar-refractivity contribution is 5.85. The largest absolute Gasteiger partial charge is 0.491 e. The van der Waals surface area contributed by atoms with Gasteiger partial charge in [-0.3, -0.25) is 0 Å². The molecular weight excluding hydrogens is 464 g/mol. The van der Waals surface area contributed by atoms with Crippen LogP contribution in [0, 0.1) is 17.2 Å². The molecule has 3 aromatic rings. The van der Waals surface area contributed by atoms with Gasteiger partial charge >= 0.3 is 5.97 Å². The molecule has 0 bridgehead atoms. The maximum atomic E-state index is 12.8. The van der Waals surface area contributed by atoms with E-state index in [9.17, 15) is 9.90 Å². The standard InChI is InChI=1S/C31H36N2O4/c1-5-23-18-26(17-22(2)3)29(37-16-15-36-21-25-9-7-6-8-10-25)28(19-23)31(4,30(34)35)33-27-13-11-24(20-32)12-14-27/h6-14,18-19,22,33H,5,15-17,21H2,1-4H3,(H,34,35). The predicted molar refractivity (Wildman–Crippen MR) is 146 cm³/mol. The monoisotopic (exact) mass is 500 g/mol. The van der Waals surface area contributed by atoms with Crippen molar-refractivity contribution in [3.05, 3.63) is 94.5 Å². The Morgan fingerprint density at radius 2 is 1.76 bits per heavy atom. The number of ether oxygens (including phenoxy) is 2. The molecule has 0 saturated carbocycles. The molecule has 0 aromatic heterocycles. The van der Waals surface area contributed by atoms with Gasteiger partial charge in [0.15, 0.2) is 5.54 Å². The lowest BCUT2D eigenvalue weighted by Crippen LogP contribution is -2.41. The van der Waals surface area contributed by atoms with Crippen LogP contribution in [-0.4, -0.2) is 24.3 Å². The highest BCUT2D eigenvalue weighted by Crippen LogP contribution is 2.38. The Balaban J connectivity index is 1.94. The van der Waals surface area contributed by atoms with Gasteiger partial charge in [-0.1, -0.05) is 57.2 Å². The van der Waals surface area contributed by atoms with E-state index in [1.54, 1.807) is 31.2 Å². The minimum absolute atomic E-state index is 0.295. The number of aliphatic carboxylic acids is 1. The van der Waals surface area contributed by atoms with Crippen LogP contribution in [0.25, 0.3) is 0 Å². The molecule has 37 heavy (non-hydrogen) atoms. The molecule has 3 aromatic carbocycles. The van der Waals surface area contributed by atoms with Crippen molar-refractivity contribution in [2.45, 2.75) is 52.7 Å². The van der Waals surface area contributed by atoms with Crippen LogP contribution in [0.5, 0.6) is 5.75 Å². The van der Waals surface area contributed by atoms with E-state index in [2.05, 4.69) is 38.2 Å². The fraction of sp³-hybridized carbons (Fsp3) is 0.355. The molecule has 0 saturated heterocycles. The molecule has 1 unspecified atom stereocenters. The summed E-state index contributed by atoms with van der Waals surface area (Å²) in [6, 6.07) is 22.8. The summed E-state index contributed by atoms with van der Waals surface area (Å²) in [5.74, 6) is -0.0785. The van der Waals surface area contributed by atoms with E-state index < -0.39 is 11.5 Å². The Hall–Kier alpha value is -3.82. The molecule has 194 valence electrons. The minimum atomic E-state index is -1.47. The van der Waals surface area contributed by atoms with Crippen LogP contribution in [0.2, 0.25) is 0 Å². The molecule has 1 atom stereocenters. The summed E-state index contributed by atoms with van der Waals surface area (Å²) in [7, 11) is 0. The second-order valence-electron chi connectivity index (χ2n) is 9.71. The van der Waals surface area contributed by atoms with E-state index in [1.165, 1.54) is 0 Å². The first-order chi connectivity index (χ1) is 17.8. The molecule has 0 radical (unpaired) electrons. The summed E-state index contributed by atoms with van der Waals surface area (Å²) in [5.41, 5.74) is 3.34. The number of carboxylic acids is 1. The number of nitriles is 1. The van der Waals surface area contributed by atoms with Gasteiger partial charge in [-0.05, 0) is 72.7 Å². The van der Waals surface area contributed by atoms with Crippen LogP contribution < -0.4 is 10.1 Å². The van der Waals surface area contributed by atoms with Crippen molar-refractivity contribution in [3.63, 3.8) is 0 Å². The van der Waals surface area contributed by atoms with Gasteiger partial charge in [-0.15, -0.1) is 0 Å². The van der Waals surface area contributed by atoms with Gasteiger partial charge in [0.05, 0.1) is 24.8 Å². The highest BCUT2D eigenvalue weighted by Gasteiger charge is 2.39. The molecule has 0 aliphatic carbocycles. The number of rotatable bonds is 13. The zero-order valence-corrected chi connectivity index (χ0v) is 22.1. The number of carbonyl (C=O) groups is 1. The summed E-state index contributed by atoms with van der Waals surface area (Å²) in [4.78, 5) is 12.8. The third-order valence-electron chi connectivity index (χ3n) is 6.22. The van der Waals surface area contributed by atoms with Crippen LogP contribution in [0.1, 0.15) is 55.5 Å². The smallest absolute Gasteiger partial charge is 0.333 e. The van der Waals surface area contributed by atoms with Gasteiger partial charge in [0.2, 0.25) is 0 Å². The summed E-state index contributed by atoms with van der Waals surface area (Å²) in [6.07, 6.45) is 1.53. The lowest BCUT2D eigenvalue weighted by Gasteiger charge is -2.31. The molecule has 0 fully saturated rings. The Morgan fingerprint density at radius 1 is 1.05 bits per heavy atom. The normalized spacial score (nSPS) is 12.5. The highest BCUT2D eigenvalue weighted by atomic mass is 16.5. The molecule has 6 heteroatoms. The Labute approximate surface area is 219 Å². The lowest BCUT2D eigenvalue weighted by molar-refractivity contribution is -0.142. The van der Waals surface area contributed by atoms with Crippen LogP contribution in [0.3, 0.4) is 0 Å². The Bertz CT molecular complexity index is 1220. The number of hydrogen-bond donors (Lipinski definition) is 2. The van der Waals surface area contributed by atoms with Gasteiger partial charge in [-0.25, -0.2) is 4.79 Å². The maximum absolute atomic E-state index is 12.8. The summed E-state index contributed by atoms with van der Waals surface area (Å²) >= 11 is 0. The van der Waals surface area contributed by atoms with E-state index in [0.717, 1.165) is 29.5 Å². The van der Waals surface area contributed by atoms with E-state index in [0.29, 0.717) is 48.3 Å². The SMILES string of the molecule is CCc1cc(CC(C)C)c(OCCOCc2ccccc2)c(C(C)(Nc2ccc(C#N)cc2)C(=O)O)c1. The van der Waals surface area contributed by atoms with Crippen molar-refractivity contribution in [2.75, 3.05) is 18.5 Å². The van der Waals surface area contributed by atoms with E-state index in [-0.39, 0.29) is 0 Å². The summed E-state index contributed by atoms with van der Waals surface area (Å²) < 4.78 is 12.1. The number of aryl methyl sites for hydroxylation is 1. The third kappa shape index (κ3) is 7.34. The van der Waals surface area contributed by atoms with E-state index >= 15 is 0 Å². The zero-order chi connectivity index (χ0) is 26.8. The number of nitrogens with zero attached hydrogens (tertiary/aromatic N) is 1. The predicted octanol–water partition coefficient (Wildman–Crippen LogP) is 6.33. The molecule has 0 amide bonds. The fourth-order valence-corrected chi connectivity index (χ4v) is 4.21. The van der Waals surface area contributed by atoms with Crippen molar-refractivity contribution < 1.29 is 19.4 Å². The van der Waals surface area contributed by atoms with E-state index in [1.807, 2.05) is 36.4 Å². The van der Waals surface area contributed by atoms with Gasteiger partial charge < -0.3 is 19.9 Å². The average Bonchev–Trinajstić information content (AvgIpc) is 2.89. The Morgan fingerprint density at radius 3 is 2.35 bits per heavy atom. The van der Waals surface area contributed by atoms with Crippen molar-refractivity contribution in [1.82, 2.24) is 0 Å². The summed E-state index contributed by atoms with van der Waals surface area (Å²) in [6.45, 7) is 9.13. The third-order valence-corrected chi connectivity index (χ3v) is 6.22. The minimum Gasteiger partial charge on any atom is -0.491 e. The molecule has 3 rings (SSSR count). The molecule has 0 spiro atoms. The fourth-order valence-electron chi connectivity index (χ4n) is 4.21. The maximum Gasteiger partial charge on any atom is 0.333 e. The number of carboxylic acid groups (broad SMARTS) is 1. The van der Waals surface area contributed by atoms with Crippen LogP contribution in [0.15, 0.2) is 66.7 Å². The molecule has 0 aliphatic heterocycles. The second-order valence-corrected chi connectivity index (χ2v) is 9.71. The lowest BCUT2D eigenvalue weighted by atomic mass is 9.85. The van der Waals surface area contributed by atoms with Crippen molar-refractivity contribution >= 4 is 11.7 Å². The number of hydrogen-bond acceptors (Lipinski definition) is 5. The Kier molecular flexibility index (Phi) is 9.71. The van der Waals surface area contributed by atoms with Gasteiger partial charge in [-0.2, -0.15) is 5.26 Å². The van der Waals surface area contributed by atoms with Crippen LogP contribution in [-0.2, 0) is 34.5 Å². The molecular formula is C31H36N2O4. The molecule has 6 nitrogen and oxygen atoms in total. The summed E-state index contributed by atoms with van der Waals surface area (Å²) in [5, 5.41) is 22.8. The van der Waals surface area contributed by atoms with Gasteiger partial charge in [0, 0.05) is 11.3 Å². The van der Waals surface area contributed by atoms with Gasteiger partial charge in [0.25, 0.3) is 0 Å². The van der Waals surface area contributed by atoms with Crippen molar-refractivity contribution in [2.24, 2.45) is 5.92 Å². The van der Waals surface area contributed by atoms with Gasteiger partial charge in [0.1, 0.15) is 12.4 Å². The first-order valence-corrected chi connectivity index (χ1v) is 12.7. The quantitative estimate of drug-likeness (QED) is 0.267. The van der Waals surface area contributed by atoms with E-state index in [4.69, 9.17) is 14.7 Å². The molecule has 2 N–H and O–H groups in total. The zero-order valence-electron chi connectivity index (χ0n) is 22.1. The number of benzene rings is 3. The average molecular weight is 501 g/mol. The van der Waals surface area contributed by atoms with Crippen LogP contribution in [0.4, 0.5) is 5.69 Å². The van der Waals surface area contributed by atoms with Crippen LogP contribution >= 0.6 is 0 Å². The number of anilines is 1. The van der Waals surface area contributed by atoms with Crippen molar-refractivity contribution in [3.8, 4) is 11.8 Å². The molecule has 0 heterocycles. The number of nitrogens with one attached hydrogen (secondary N) is 1. The first kappa shape index (κ1) is 27.8. The van der Waals surface area contributed by atoms with Crippen molar-refractivity contribution in [1.29, 1.82) is 5.26 Å². The first-order valence-electron chi connectivity index (χ1n) is 12.7. The topological polar surface area (TPSA) is 91.6 Å². The second kappa shape index (κ2) is 12.9. The molecule has 0 aliphatic rings.